The van der Waals surface area contributed by atoms with Crippen molar-refractivity contribution in [1.82, 2.24) is 14.8 Å². The molecule has 34 heavy (non-hydrogen) atoms. The van der Waals surface area contributed by atoms with Crippen LogP contribution in [0, 0.1) is 23.1 Å². The average molecular weight is 466 g/mol. The smallest absolute Gasteiger partial charge is 0.410 e. The third-order valence-electron chi connectivity index (χ3n) is 5.98. The second kappa shape index (κ2) is 9.29. The van der Waals surface area contributed by atoms with Crippen LogP contribution in [0.15, 0.2) is 36.5 Å². The van der Waals surface area contributed by atoms with E-state index in [0.717, 1.165) is 18.5 Å². The molecular formula is C25H28FN5O3. The predicted molar refractivity (Wildman–Crippen MR) is 124 cm³/mol. The maximum Gasteiger partial charge on any atom is 0.410 e. The van der Waals surface area contributed by atoms with Crippen molar-refractivity contribution in [2.45, 2.75) is 45.8 Å². The molecule has 9 heteroatoms. The average Bonchev–Trinajstić information content (AvgIpc) is 2.79. The van der Waals surface area contributed by atoms with Crippen LogP contribution in [-0.2, 0) is 11.3 Å². The van der Waals surface area contributed by atoms with Gasteiger partial charge in [-0.1, -0.05) is 0 Å². The number of hydrogen-bond donors (Lipinski definition) is 0. The van der Waals surface area contributed by atoms with E-state index >= 15 is 0 Å². The Labute approximate surface area is 198 Å². The minimum Gasteiger partial charge on any atom is -0.444 e. The number of benzene rings is 1. The Morgan fingerprint density at radius 2 is 2.00 bits per heavy atom. The van der Waals surface area contributed by atoms with Crippen molar-refractivity contribution < 1.29 is 18.7 Å². The number of carbonyl (C=O) groups excluding carboxylic acids is 2. The second-order valence-corrected chi connectivity index (χ2v) is 9.65. The normalized spacial score (nSPS) is 16.8. The fraction of sp³-hybridized carbons (Fsp3) is 0.440. The number of amides is 3. The van der Waals surface area contributed by atoms with Crippen LogP contribution in [0.5, 0.6) is 0 Å². The summed E-state index contributed by atoms with van der Waals surface area (Å²) in [6.07, 6.45) is 2.88. The Morgan fingerprint density at radius 1 is 1.26 bits per heavy atom. The van der Waals surface area contributed by atoms with Crippen molar-refractivity contribution in [3.63, 3.8) is 0 Å². The molecule has 1 aromatic carbocycles. The van der Waals surface area contributed by atoms with Gasteiger partial charge in [-0.05, 0) is 69.9 Å². The highest BCUT2D eigenvalue weighted by Gasteiger charge is 2.35. The van der Waals surface area contributed by atoms with Crippen molar-refractivity contribution in [1.29, 1.82) is 5.26 Å². The van der Waals surface area contributed by atoms with Gasteiger partial charge in [-0.15, -0.1) is 0 Å². The summed E-state index contributed by atoms with van der Waals surface area (Å²) in [5.74, 6) is -0.409. The molecule has 1 fully saturated rings. The third-order valence-corrected chi connectivity index (χ3v) is 5.98. The van der Waals surface area contributed by atoms with Gasteiger partial charge in [-0.3, -0.25) is 9.88 Å². The molecule has 178 valence electrons. The van der Waals surface area contributed by atoms with E-state index in [1.165, 1.54) is 23.1 Å². The predicted octanol–water partition coefficient (Wildman–Crippen LogP) is 4.81. The zero-order valence-electron chi connectivity index (χ0n) is 19.6. The van der Waals surface area contributed by atoms with E-state index in [0.29, 0.717) is 37.6 Å². The number of aromatic nitrogens is 1. The first-order valence-electron chi connectivity index (χ1n) is 11.4. The zero-order chi connectivity index (χ0) is 24.5. The van der Waals surface area contributed by atoms with E-state index in [-0.39, 0.29) is 23.6 Å². The van der Waals surface area contributed by atoms with Crippen LogP contribution in [0.4, 0.5) is 25.4 Å². The fourth-order valence-corrected chi connectivity index (χ4v) is 4.31. The van der Waals surface area contributed by atoms with Gasteiger partial charge in [0.05, 0.1) is 29.2 Å². The minimum absolute atomic E-state index is 0.123. The molecule has 8 nitrogen and oxygen atoms in total. The number of anilines is 2. The number of nitriles is 1. The molecule has 1 aromatic heterocycles. The van der Waals surface area contributed by atoms with Crippen molar-refractivity contribution in [2.24, 2.45) is 5.92 Å². The molecule has 0 radical (unpaired) electrons. The summed E-state index contributed by atoms with van der Waals surface area (Å²) < 4.78 is 19.4. The van der Waals surface area contributed by atoms with Gasteiger partial charge in [0.2, 0.25) is 0 Å². The van der Waals surface area contributed by atoms with Gasteiger partial charge in [0.15, 0.2) is 0 Å². The molecule has 4 rings (SSSR count). The largest absolute Gasteiger partial charge is 0.444 e. The van der Waals surface area contributed by atoms with E-state index in [4.69, 9.17) is 4.74 Å². The van der Waals surface area contributed by atoms with Gasteiger partial charge >= 0.3 is 12.1 Å². The van der Waals surface area contributed by atoms with Crippen LogP contribution in [0.3, 0.4) is 0 Å². The van der Waals surface area contributed by atoms with Crippen molar-refractivity contribution in [3.05, 3.63) is 53.6 Å². The molecule has 3 amide bonds. The number of ether oxygens (including phenoxy) is 1. The number of halogens is 1. The Balaban J connectivity index is 1.50. The van der Waals surface area contributed by atoms with Crippen LogP contribution in [0.25, 0.3) is 0 Å². The number of nitrogens with zero attached hydrogens (tertiary/aromatic N) is 5. The topological polar surface area (TPSA) is 89.8 Å². The van der Waals surface area contributed by atoms with Gasteiger partial charge in [0.25, 0.3) is 0 Å². The van der Waals surface area contributed by atoms with Crippen molar-refractivity contribution in [2.75, 3.05) is 24.5 Å². The first kappa shape index (κ1) is 23.5. The van der Waals surface area contributed by atoms with E-state index in [2.05, 4.69) is 4.98 Å². The van der Waals surface area contributed by atoms with Gasteiger partial charge in [-0.25, -0.2) is 14.0 Å². The third kappa shape index (κ3) is 4.96. The minimum atomic E-state index is -0.629. The van der Waals surface area contributed by atoms with Gasteiger partial charge in [0.1, 0.15) is 17.5 Å². The van der Waals surface area contributed by atoms with Gasteiger partial charge in [-0.2, -0.15) is 5.26 Å². The Bertz CT molecular complexity index is 1130. The molecular weight excluding hydrogens is 437 g/mol. The lowest BCUT2D eigenvalue weighted by Crippen LogP contribution is -2.49. The van der Waals surface area contributed by atoms with Crippen LogP contribution in [-0.4, -0.2) is 52.1 Å². The summed E-state index contributed by atoms with van der Waals surface area (Å²) in [7, 11) is 0. The molecule has 2 aliphatic heterocycles. The van der Waals surface area contributed by atoms with Gasteiger partial charge in [0, 0.05) is 25.8 Å². The van der Waals surface area contributed by atoms with Crippen molar-refractivity contribution in [3.8, 4) is 6.07 Å². The van der Waals surface area contributed by atoms with E-state index < -0.39 is 11.4 Å². The SMILES string of the molecule is CC(C)(C)OC(=O)N1CCC(CN2Cc3ncccc3N(c3ccc(F)c(C#N)c3)C2=O)CC1. The fourth-order valence-electron chi connectivity index (χ4n) is 4.31. The van der Waals surface area contributed by atoms with E-state index in [1.54, 1.807) is 28.1 Å². The molecule has 0 N–H and O–H groups in total. The standard InChI is InChI=1S/C25H28FN5O3/c1-25(2,3)34-24(33)29-11-8-17(9-12-29)15-30-16-21-22(5-4-10-28-21)31(23(30)32)19-6-7-20(26)18(13-19)14-27/h4-7,10,13,17H,8-9,11-12,15-16H2,1-3H3. The molecule has 2 aromatic rings. The lowest BCUT2D eigenvalue weighted by molar-refractivity contribution is 0.0173. The Hall–Kier alpha value is -3.67. The number of fused-ring (bicyclic) bond motifs is 1. The molecule has 0 saturated carbocycles. The first-order valence-corrected chi connectivity index (χ1v) is 11.4. The quantitative estimate of drug-likeness (QED) is 0.649. The summed E-state index contributed by atoms with van der Waals surface area (Å²) in [5, 5.41) is 9.24. The summed E-state index contributed by atoms with van der Waals surface area (Å²) in [4.78, 5) is 35.3. The van der Waals surface area contributed by atoms with Crippen LogP contribution in [0.1, 0.15) is 44.9 Å². The summed E-state index contributed by atoms with van der Waals surface area (Å²) in [6.45, 7) is 7.56. The summed E-state index contributed by atoms with van der Waals surface area (Å²) in [6, 6.07) is 9.20. The number of rotatable bonds is 3. The van der Waals surface area contributed by atoms with Gasteiger partial charge < -0.3 is 14.5 Å². The molecule has 2 aliphatic rings. The molecule has 0 spiro atoms. The second-order valence-electron chi connectivity index (χ2n) is 9.65. The highest BCUT2D eigenvalue weighted by atomic mass is 19.1. The Morgan fingerprint density at radius 3 is 2.68 bits per heavy atom. The summed E-state index contributed by atoms with van der Waals surface area (Å²) in [5.41, 5.74) is 1.11. The first-order chi connectivity index (χ1) is 16.2. The monoisotopic (exact) mass is 465 g/mol. The maximum absolute atomic E-state index is 13.9. The highest BCUT2D eigenvalue weighted by Crippen LogP contribution is 2.35. The maximum atomic E-state index is 13.9. The number of hydrogen-bond acceptors (Lipinski definition) is 5. The lowest BCUT2D eigenvalue weighted by atomic mass is 9.96. The van der Waals surface area contributed by atoms with Crippen molar-refractivity contribution >= 4 is 23.5 Å². The van der Waals surface area contributed by atoms with E-state index in [9.17, 15) is 19.2 Å². The van der Waals surface area contributed by atoms with Crippen LogP contribution >= 0.6 is 0 Å². The summed E-state index contributed by atoms with van der Waals surface area (Å²) >= 11 is 0. The molecule has 0 aliphatic carbocycles. The zero-order valence-corrected chi connectivity index (χ0v) is 19.6. The number of piperidine rings is 1. The molecule has 0 bridgehead atoms. The number of carbonyl (C=O) groups is 2. The van der Waals surface area contributed by atoms with Crippen LogP contribution in [0.2, 0.25) is 0 Å². The van der Waals surface area contributed by atoms with Crippen LogP contribution < -0.4 is 4.90 Å². The number of urea groups is 1. The molecule has 3 heterocycles. The van der Waals surface area contributed by atoms with E-state index in [1.807, 2.05) is 26.8 Å². The molecule has 1 saturated heterocycles. The Kier molecular flexibility index (Phi) is 6.42. The lowest BCUT2D eigenvalue weighted by Gasteiger charge is -2.40. The number of pyridine rings is 1. The number of likely N-dealkylation sites (tertiary alicyclic amines) is 1. The highest BCUT2D eigenvalue weighted by molar-refractivity contribution is 6.01. The molecule has 0 unspecified atom stereocenters. The molecule has 0 atom stereocenters.